The molecule has 2 rings (SSSR count). The fourth-order valence-electron chi connectivity index (χ4n) is 1.95. The standard InChI is InChI=1S/C16H20ClN3OS/c1-3-21-15-9-13(17)7-6-12(15)10-19-16(18-2)20-11-14-5-4-8-22-14/h4-9H,3,10-11H2,1-2H3,(H2,18,19,20). The van der Waals surface area contributed by atoms with Crippen molar-refractivity contribution in [2.75, 3.05) is 13.7 Å². The van der Waals surface area contributed by atoms with E-state index in [4.69, 9.17) is 16.3 Å². The number of thiophene rings is 1. The second-order valence-corrected chi connectivity index (χ2v) is 6.01. The van der Waals surface area contributed by atoms with E-state index in [0.29, 0.717) is 18.2 Å². The third-order valence-corrected chi connectivity index (χ3v) is 4.12. The molecule has 1 aromatic heterocycles. The van der Waals surface area contributed by atoms with Gasteiger partial charge in [-0.15, -0.1) is 11.3 Å². The molecule has 0 saturated heterocycles. The Hall–Kier alpha value is -1.72. The Morgan fingerprint density at radius 3 is 2.77 bits per heavy atom. The number of nitrogens with zero attached hydrogens (tertiary/aromatic N) is 1. The van der Waals surface area contributed by atoms with Crippen LogP contribution in [0.2, 0.25) is 5.02 Å². The minimum atomic E-state index is 0.610. The highest BCUT2D eigenvalue weighted by molar-refractivity contribution is 7.09. The third kappa shape index (κ3) is 4.93. The largest absolute Gasteiger partial charge is 0.493 e. The Morgan fingerprint density at radius 2 is 2.09 bits per heavy atom. The van der Waals surface area contributed by atoms with Gasteiger partial charge in [0.2, 0.25) is 0 Å². The molecule has 0 atom stereocenters. The van der Waals surface area contributed by atoms with Crippen molar-refractivity contribution in [3.63, 3.8) is 0 Å². The lowest BCUT2D eigenvalue weighted by Gasteiger charge is -2.14. The molecule has 0 amide bonds. The first-order chi connectivity index (χ1) is 10.7. The minimum Gasteiger partial charge on any atom is -0.493 e. The van der Waals surface area contributed by atoms with Crippen LogP contribution in [-0.4, -0.2) is 19.6 Å². The first-order valence-electron chi connectivity index (χ1n) is 7.11. The van der Waals surface area contributed by atoms with E-state index in [9.17, 15) is 0 Å². The summed E-state index contributed by atoms with van der Waals surface area (Å²) in [4.78, 5) is 5.50. The van der Waals surface area contributed by atoms with Crippen molar-refractivity contribution in [3.05, 3.63) is 51.2 Å². The number of halogens is 1. The summed E-state index contributed by atoms with van der Waals surface area (Å²) in [6, 6.07) is 9.80. The summed E-state index contributed by atoms with van der Waals surface area (Å²) in [5.74, 6) is 1.56. The average molecular weight is 338 g/mol. The number of aliphatic imine (C=N–C) groups is 1. The number of rotatable bonds is 6. The molecular formula is C16H20ClN3OS. The van der Waals surface area contributed by atoms with Crippen LogP contribution < -0.4 is 15.4 Å². The van der Waals surface area contributed by atoms with Gasteiger partial charge in [-0.2, -0.15) is 0 Å². The fourth-order valence-corrected chi connectivity index (χ4v) is 2.75. The van der Waals surface area contributed by atoms with Gasteiger partial charge in [0.05, 0.1) is 13.2 Å². The molecule has 6 heteroatoms. The fraction of sp³-hybridized carbons (Fsp3) is 0.312. The van der Waals surface area contributed by atoms with Crippen LogP contribution in [0.1, 0.15) is 17.4 Å². The summed E-state index contributed by atoms with van der Waals surface area (Å²) in [5, 5.41) is 9.31. The van der Waals surface area contributed by atoms with Crippen LogP contribution in [-0.2, 0) is 13.1 Å². The van der Waals surface area contributed by atoms with Crippen molar-refractivity contribution in [1.82, 2.24) is 10.6 Å². The van der Waals surface area contributed by atoms with Crippen molar-refractivity contribution in [2.45, 2.75) is 20.0 Å². The zero-order chi connectivity index (χ0) is 15.8. The van der Waals surface area contributed by atoms with Crippen LogP contribution in [0, 0.1) is 0 Å². The van der Waals surface area contributed by atoms with Gasteiger partial charge in [-0.25, -0.2) is 0 Å². The zero-order valence-corrected chi connectivity index (χ0v) is 14.3. The lowest BCUT2D eigenvalue weighted by molar-refractivity contribution is 0.336. The number of hydrogen-bond donors (Lipinski definition) is 2. The summed E-state index contributed by atoms with van der Waals surface area (Å²) in [5.41, 5.74) is 1.05. The van der Waals surface area contributed by atoms with Crippen LogP contribution in [0.25, 0.3) is 0 Å². The van der Waals surface area contributed by atoms with Gasteiger partial charge >= 0.3 is 0 Å². The van der Waals surface area contributed by atoms with E-state index in [2.05, 4.69) is 27.1 Å². The SMILES string of the molecule is CCOc1cc(Cl)ccc1CNC(=NC)NCc1cccs1. The summed E-state index contributed by atoms with van der Waals surface area (Å²) in [6.45, 7) is 3.95. The van der Waals surface area contributed by atoms with Crippen molar-refractivity contribution < 1.29 is 4.74 Å². The number of ether oxygens (including phenoxy) is 1. The van der Waals surface area contributed by atoms with Crippen LogP contribution in [0.5, 0.6) is 5.75 Å². The van der Waals surface area contributed by atoms with Gasteiger partial charge in [0.25, 0.3) is 0 Å². The number of guanidine groups is 1. The first kappa shape index (κ1) is 16.6. The molecule has 0 bridgehead atoms. The second kappa shape index (κ2) is 8.66. The van der Waals surface area contributed by atoms with Gasteiger partial charge in [0, 0.05) is 29.1 Å². The Morgan fingerprint density at radius 1 is 1.27 bits per heavy atom. The molecule has 1 aromatic carbocycles. The smallest absolute Gasteiger partial charge is 0.191 e. The second-order valence-electron chi connectivity index (χ2n) is 4.54. The maximum Gasteiger partial charge on any atom is 0.191 e. The van der Waals surface area contributed by atoms with E-state index in [0.717, 1.165) is 23.8 Å². The zero-order valence-electron chi connectivity index (χ0n) is 12.7. The third-order valence-electron chi connectivity index (χ3n) is 3.01. The molecule has 0 spiro atoms. The average Bonchev–Trinajstić information content (AvgIpc) is 3.03. The molecule has 2 N–H and O–H groups in total. The minimum absolute atomic E-state index is 0.610. The molecule has 1 heterocycles. The molecule has 0 aliphatic heterocycles. The molecule has 0 fully saturated rings. The lowest BCUT2D eigenvalue weighted by atomic mass is 10.2. The molecule has 4 nitrogen and oxygen atoms in total. The summed E-state index contributed by atoms with van der Waals surface area (Å²) in [7, 11) is 1.76. The molecule has 118 valence electrons. The lowest BCUT2D eigenvalue weighted by Crippen LogP contribution is -2.36. The topological polar surface area (TPSA) is 45.6 Å². The van der Waals surface area contributed by atoms with E-state index in [1.807, 2.05) is 31.2 Å². The summed E-state index contributed by atoms with van der Waals surface area (Å²) < 4.78 is 5.62. The van der Waals surface area contributed by atoms with Crippen LogP contribution in [0.15, 0.2) is 40.7 Å². The molecule has 22 heavy (non-hydrogen) atoms. The monoisotopic (exact) mass is 337 g/mol. The molecule has 0 saturated carbocycles. The molecule has 2 aromatic rings. The normalized spacial score (nSPS) is 11.3. The summed E-state index contributed by atoms with van der Waals surface area (Å²) >= 11 is 7.73. The highest BCUT2D eigenvalue weighted by Gasteiger charge is 2.06. The maximum absolute atomic E-state index is 6.01. The number of benzene rings is 1. The maximum atomic E-state index is 6.01. The highest BCUT2D eigenvalue weighted by Crippen LogP contribution is 2.23. The van der Waals surface area contributed by atoms with Gasteiger partial charge in [0.15, 0.2) is 5.96 Å². The van der Waals surface area contributed by atoms with Crippen molar-refractivity contribution in [1.29, 1.82) is 0 Å². The summed E-state index contributed by atoms with van der Waals surface area (Å²) in [6.07, 6.45) is 0. The van der Waals surface area contributed by atoms with E-state index < -0.39 is 0 Å². The Bertz CT molecular complexity index is 614. The van der Waals surface area contributed by atoms with E-state index in [-0.39, 0.29) is 0 Å². The van der Waals surface area contributed by atoms with Gasteiger partial charge in [-0.3, -0.25) is 4.99 Å². The quantitative estimate of drug-likeness (QED) is 0.624. The predicted octanol–water partition coefficient (Wildman–Crippen LogP) is 3.67. The van der Waals surface area contributed by atoms with E-state index in [1.54, 1.807) is 18.4 Å². The van der Waals surface area contributed by atoms with Gasteiger partial charge in [0.1, 0.15) is 5.75 Å². The van der Waals surface area contributed by atoms with Gasteiger partial charge < -0.3 is 15.4 Å². The molecular weight excluding hydrogens is 318 g/mol. The van der Waals surface area contributed by atoms with Crippen molar-refractivity contribution >= 4 is 28.9 Å². The van der Waals surface area contributed by atoms with E-state index in [1.165, 1.54) is 4.88 Å². The Labute approximate surface area is 140 Å². The molecule has 0 aliphatic carbocycles. The Balaban J connectivity index is 1.92. The van der Waals surface area contributed by atoms with Crippen molar-refractivity contribution in [2.24, 2.45) is 4.99 Å². The molecule has 0 aliphatic rings. The molecule has 0 unspecified atom stereocenters. The van der Waals surface area contributed by atoms with Crippen LogP contribution >= 0.6 is 22.9 Å². The number of hydrogen-bond acceptors (Lipinski definition) is 3. The highest BCUT2D eigenvalue weighted by atomic mass is 35.5. The Kier molecular flexibility index (Phi) is 6.55. The predicted molar refractivity (Wildman–Crippen MR) is 94.0 cm³/mol. The number of nitrogens with one attached hydrogen (secondary N) is 2. The van der Waals surface area contributed by atoms with Crippen LogP contribution in [0.3, 0.4) is 0 Å². The van der Waals surface area contributed by atoms with Crippen LogP contribution in [0.4, 0.5) is 0 Å². The van der Waals surface area contributed by atoms with E-state index >= 15 is 0 Å². The molecule has 0 radical (unpaired) electrons. The van der Waals surface area contributed by atoms with Gasteiger partial charge in [-0.1, -0.05) is 23.7 Å². The van der Waals surface area contributed by atoms with Crippen molar-refractivity contribution in [3.8, 4) is 5.75 Å². The van der Waals surface area contributed by atoms with Gasteiger partial charge in [-0.05, 0) is 30.5 Å². The first-order valence-corrected chi connectivity index (χ1v) is 8.36.